The van der Waals surface area contributed by atoms with E-state index in [2.05, 4.69) is 52.7 Å². The van der Waals surface area contributed by atoms with E-state index in [1.165, 1.54) is 21.6 Å². The maximum atomic E-state index is 13.0. The van der Waals surface area contributed by atoms with Gasteiger partial charge in [-0.2, -0.15) is 0 Å². The van der Waals surface area contributed by atoms with Crippen LogP contribution in [0.3, 0.4) is 0 Å². The Morgan fingerprint density at radius 1 is 0.726 bits per heavy atom. The molecule has 0 bridgehead atoms. The topological polar surface area (TPSA) is 176 Å². The Kier molecular flexibility index (Phi) is 10.8. The number of carboxylic acid groups (broad SMARTS) is 1. The summed E-state index contributed by atoms with van der Waals surface area (Å²) in [6.07, 6.45) is 13.7. The molecule has 1 saturated carbocycles. The third-order valence-corrected chi connectivity index (χ3v) is 14.7. The first kappa shape index (κ1) is 40.1. The molecule has 318 valence electrons. The van der Waals surface area contributed by atoms with Crippen molar-refractivity contribution in [3.05, 3.63) is 80.1 Å². The van der Waals surface area contributed by atoms with Crippen molar-refractivity contribution in [2.75, 3.05) is 30.9 Å². The Morgan fingerprint density at radius 3 is 1.71 bits per heavy atom. The number of ether oxygens (including phenoxy) is 2. The summed E-state index contributed by atoms with van der Waals surface area (Å²) in [6, 6.07) is 8.70. The Bertz CT molecular complexity index is 2810. The molecule has 3 N–H and O–H groups in total. The average molecular weight is 870 g/mol. The fraction of sp³-hybridized carbons (Fsp3) is 0.391. The Hall–Kier alpha value is -6.00. The predicted molar refractivity (Wildman–Crippen MR) is 244 cm³/mol. The molecule has 6 aromatic rings. The van der Waals surface area contributed by atoms with Gasteiger partial charge < -0.3 is 30.1 Å². The van der Waals surface area contributed by atoms with Gasteiger partial charge in [-0.25, -0.2) is 19.9 Å². The fourth-order valence-electron chi connectivity index (χ4n) is 9.04. The maximum Gasteiger partial charge on any atom is 0.306 e. The molecule has 62 heavy (non-hydrogen) atoms. The first-order valence-electron chi connectivity index (χ1n) is 21.4. The van der Waals surface area contributed by atoms with E-state index in [1.54, 1.807) is 35.3 Å². The molecule has 0 spiro atoms. The van der Waals surface area contributed by atoms with Crippen molar-refractivity contribution in [3.8, 4) is 11.5 Å². The number of benzene rings is 2. The minimum absolute atomic E-state index is 0.0704. The highest BCUT2D eigenvalue weighted by molar-refractivity contribution is 7.19. The van der Waals surface area contributed by atoms with Crippen LogP contribution in [0.1, 0.15) is 82.7 Å². The van der Waals surface area contributed by atoms with Crippen LogP contribution in [0.5, 0.6) is 11.5 Å². The van der Waals surface area contributed by atoms with Gasteiger partial charge in [0.2, 0.25) is 5.91 Å². The van der Waals surface area contributed by atoms with Crippen LogP contribution in [0.4, 0.5) is 23.0 Å². The lowest BCUT2D eigenvalue weighted by Crippen LogP contribution is -2.36. The van der Waals surface area contributed by atoms with Crippen LogP contribution in [-0.2, 0) is 48.4 Å². The minimum atomic E-state index is -0.723. The number of aryl methyl sites for hydroxylation is 2. The van der Waals surface area contributed by atoms with Gasteiger partial charge in [0, 0.05) is 41.2 Å². The molecule has 2 aromatic carbocycles. The summed E-state index contributed by atoms with van der Waals surface area (Å²) in [5.41, 5.74) is 8.72. The lowest BCUT2D eigenvalue weighted by atomic mass is 9.87. The average Bonchev–Trinajstić information content (AvgIpc) is 3.55. The second kappa shape index (κ2) is 16.7. The SMILES string of the molecule is CCOc1cc2c(cc1Nc1ncnc3sc4c(c13)CCC(C(=O)N(C)C1CC1)C4)C=NC2.CCOc1cc2c(cc1Nc1ncnc3sc4c(c13)CCC(C(=O)O)C4)C=NC2. The number of aliphatic carboxylic acids is 1. The number of nitrogens with zero attached hydrogens (tertiary/aromatic N) is 7. The largest absolute Gasteiger partial charge is 0.492 e. The molecule has 4 aromatic heterocycles. The molecule has 3 aliphatic carbocycles. The van der Waals surface area contributed by atoms with E-state index in [9.17, 15) is 14.7 Å². The van der Waals surface area contributed by atoms with Gasteiger partial charge in [-0.1, -0.05) is 0 Å². The van der Waals surface area contributed by atoms with Crippen molar-refractivity contribution in [1.82, 2.24) is 24.8 Å². The lowest BCUT2D eigenvalue weighted by Gasteiger charge is -2.26. The van der Waals surface area contributed by atoms with Crippen LogP contribution in [0, 0.1) is 11.8 Å². The number of hydrogen-bond acceptors (Lipinski definition) is 14. The van der Waals surface area contributed by atoms with Crippen LogP contribution in [-0.4, -0.2) is 80.6 Å². The highest BCUT2D eigenvalue weighted by atomic mass is 32.1. The van der Waals surface area contributed by atoms with Crippen LogP contribution >= 0.6 is 22.7 Å². The van der Waals surface area contributed by atoms with Gasteiger partial charge in [0.05, 0.1) is 54.4 Å². The second-order valence-corrected chi connectivity index (χ2v) is 18.5. The van der Waals surface area contributed by atoms with E-state index in [4.69, 9.17) is 9.47 Å². The number of fused-ring (bicyclic) bond motifs is 8. The third-order valence-electron chi connectivity index (χ3n) is 12.4. The van der Waals surface area contributed by atoms with Gasteiger partial charge in [0.1, 0.15) is 45.5 Å². The van der Waals surface area contributed by atoms with E-state index >= 15 is 0 Å². The van der Waals surface area contributed by atoms with Gasteiger partial charge in [-0.05, 0) is 123 Å². The normalized spacial score (nSPS) is 18.0. The number of anilines is 4. The zero-order valence-electron chi connectivity index (χ0n) is 34.9. The van der Waals surface area contributed by atoms with Crippen molar-refractivity contribution < 1.29 is 24.2 Å². The van der Waals surface area contributed by atoms with Crippen molar-refractivity contribution in [3.63, 3.8) is 0 Å². The van der Waals surface area contributed by atoms with Crippen molar-refractivity contribution in [1.29, 1.82) is 0 Å². The van der Waals surface area contributed by atoms with E-state index in [0.717, 1.165) is 115 Å². The molecule has 14 nitrogen and oxygen atoms in total. The maximum absolute atomic E-state index is 13.0. The summed E-state index contributed by atoms with van der Waals surface area (Å²) in [5, 5.41) is 18.4. The zero-order valence-corrected chi connectivity index (χ0v) is 36.5. The second-order valence-electron chi connectivity index (χ2n) is 16.4. The van der Waals surface area contributed by atoms with Gasteiger partial charge in [-0.3, -0.25) is 19.6 Å². The van der Waals surface area contributed by atoms with E-state index in [-0.39, 0.29) is 11.8 Å². The molecule has 11 rings (SSSR count). The highest BCUT2D eigenvalue weighted by Crippen LogP contribution is 2.44. The minimum Gasteiger partial charge on any atom is -0.492 e. The molecule has 2 unspecified atom stereocenters. The highest BCUT2D eigenvalue weighted by Gasteiger charge is 2.36. The number of aliphatic imine (C=N–C) groups is 2. The zero-order chi connectivity index (χ0) is 42.5. The van der Waals surface area contributed by atoms with Gasteiger partial charge in [0.25, 0.3) is 0 Å². The summed E-state index contributed by atoms with van der Waals surface area (Å²) in [5.74, 6) is 2.45. The third kappa shape index (κ3) is 7.63. The van der Waals surface area contributed by atoms with Gasteiger partial charge >= 0.3 is 5.97 Å². The fourth-order valence-corrected chi connectivity index (χ4v) is 11.6. The van der Waals surface area contributed by atoms with Crippen molar-refractivity contribution in [2.45, 2.75) is 84.3 Å². The first-order valence-corrected chi connectivity index (χ1v) is 23.0. The van der Waals surface area contributed by atoms with Crippen LogP contribution in [0.15, 0.2) is 46.9 Å². The Labute approximate surface area is 366 Å². The molecular weight excluding hydrogens is 823 g/mol. The van der Waals surface area contributed by atoms with Gasteiger partial charge in [0.15, 0.2) is 0 Å². The van der Waals surface area contributed by atoms with Crippen LogP contribution in [0.2, 0.25) is 0 Å². The number of thiophene rings is 2. The van der Waals surface area contributed by atoms with Crippen molar-refractivity contribution in [2.24, 2.45) is 21.8 Å². The summed E-state index contributed by atoms with van der Waals surface area (Å²) in [6.45, 7) is 6.48. The molecule has 1 amide bonds. The lowest BCUT2D eigenvalue weighted by molar-refractivity contribution is -0.142. The van der Waals surface area contributed by atoms with Gasteiger partial charge in [-0.15, -0.1) is 22.7 Å². The van der Waals surface area contributed by atoms with E-state index in [1.807, 2.05) is 50.4 Å². The number of hydrogen-bond donors (Lipinski definition) is 3. The molecule has 0 radical (unpaired) electrons. The number of carboxylic acids is 1. The summed E-state index contributed by atoms with van der Waals surface area (Å²) in [7, 11) is 1.96. The number of amides is 1. The summed E-state index contributed by atoms with van der Waals surface area (Å²) in [4.78, 5) is 57.5. The quantitative estimate of drug-likeness (QED) is 0.114. The molecule has 16 heteroatoms. The molecular formula is C46H47N9O5S2. The van der Waals surface area contributed by atoms with Crippen molar-refractivity contribution >= 4 is 90.4 Å². The molecule has 1 fully saturated rings. The molecule has 6 heterocycles. The summed E-state index contributed by atoms with van der Waals surface area (Å²) < 4.78 is 11.8. The molecule has 0 saturated heterocycles. The smallest absolute Gasteiger partial charge is 0.306 e. The Morgan fingerprint density at radius 2 is 1.23 bits per heavy atom. The number of carbonyl (C=O) groups is 2. The van der Waals surface area contributed by atoms with Crippen LogP contribution in [0.25, 0.3) is 20.4 Å². The standard InChI is InChI=1S/C25H27N5O2S.C21H20N4O3S/c1-3-32-20-9-16-12-26-11-15(16)8-19(20)29-23-22-18-7-4-14(25(31)30(2)17-5-6-17)10-21(18)33-24(22)28-13-27-23;1-2-28-16-6-13-9-22-8-12(13)5-15(16)25-19-18-14-4-3-11(21(26)27)7-17(14)29-20(18)24-10-23-19/h8-9,11,13-14,17H,3-7,10,12H2,1-2H3,(H,27,28,29);5-6,8,10-11H,2-4,7,9H2,1H3,(H,26,27)(H,23,24,25). The van der Waals surface area contributed by atoms with E-state index < -0.39 is 5.97 Å². The number of aromatic nitrogens is 4. The monoisotopic (exact) mass is 869 g/mol. The Balaban J connectivity index is 0.000000149. The number of rotatable bonds is 11. The molecule has 2 aliphatic heterocycles. The molecule has 5 aliphatic rings. The number of nitrogens with one attached hydrogen (secondary N) is 2. The first-order chi connectivity index (χ1) is 30.3. The van der Waals surface area contributed by atoms with Crippen LogP contribution < -0.4 is 20.1 Å². The summed E-state index contributed by atoms with van der Waals surface area (Å²) >= 11 is 3.27. The van der Waals surface area contributed by atoms with E-state index in [0.29, 0.717) is 51.1 Å². The number of carbonyl (C=O) groups excluding carboxylic acids is 1. The predicted octanol–water partition coefficient (Wildman–Crippen LogP) is 8.45. The molecule has 2 atom stereocenters.